The van der Waals surface area contributed by atoms with E-state index in [1.165, 1.54) is 6.20 Å². The molecule has 0 bridgehead atoms. The van der Waals surface area contributed by atoms with Crippen LogP contribution in [-0.2, 0) is 5.54 Å². The molecule has 0 saturated heterocycles. The number of hydrogen-bond acceptors (Lipinski definition) is 3. The van der Waals surface area contributed by atoms with Gasteiger partial charge in [0.15, 0.2) is 0 Å². The highest BCUT2D eigenvalue weighted by Crippen LogP contribution is 2.31. The zero-order valence-electron chi connectivity index (χ0n) is 7.38. The van der Waals surface area contributed by atoms with Crippen molar-refractivity contribution in [2.24, 2.45) is 0 Å². The first-order chi connectivity index (χ1) is 6.76. The van der Waals surface area contributed by atoms with Crippen LogP contribution in [0.25, 0.3) is 0 Å². The standard InChI is InChI=1S/C9H9N3O2/c13-12(14)9(5-2-1-3-6-9)8-4-7-10-11-8/h1-5,7H,6H2,(H,10,11). The largest absolute Gasteiger partial charge is 0.284 e. The second-order valence-electron chi connectivity index (χ2n) is 3.14. The van der Waals surface area contributed by atoms with Gasteiger partial charge in [-0.25, -0.2) is 0 Å². The van der Waals surface area contributed by atoms with Gasteiger partial charge in [0.05, 0.1) is 0 Å². The average Bonchev–Trinajstić information content (AvgIpc) is 2.72. The lowest BCUT2D eigenvalue weighted by molar-refractivity contribution is -0.564. The van der Waals surface area contributed by atoms with Crippen LogP contribution in [-0.4, -0.2) is 15.1 Å². The Morgan fingerprint density at radius 1 is 1.57 bits per heavy atom. The van der Waals surface area contributed by atoms with Crippen LogP contribution < -0.4 is 0 Å². The maximum Gasteiger partial charge on any atom is 0.284 e. The molecule has 0 spiro atoms. The molecule has 14 heavy (non-hydrogen) atoms. The van der Waals surface area contributed by atoms with Crippen molar-refractivity contribution in [2.45, 2.75) is 12.0 Å². The van der Waals surface area contributed by atoms with E-state index in [-0.39, 0.29) is 4.92 Å². The first-order valence-electron chi connectivity index (χ1n) is 4.24. The van der Waals surface area contributed by atoms with Crippen molar-refractivity contribution in [1.29, 1.82) is 0 Å². The summed E-state index contributed by atoms with van der Waals surface area (Å²) in [5, 5.41) is 17.4. The number of nitrogens with one attached hydrogen (secondary N) is 1. The molecule has 1 atom stereocenters. The van der Waals surface area contributed by atoms with Crippen molar-refractivity contribution in [1.82, 2.24) is 10.2 Å². The van der Waals surface area contributed by atoms with Crippen LogP contribution in [0, 0.1) is 10.1 Å². The zero-order valence-corrected chi connectivity index (χ0v) is 7.38. The molecule has 1 N–H and O–H groups in total. The van der Waals surface area contributed by atoms with E-state index in [0.29, 0.717) is 12.1 Å². The van der Waals surface area contributed by atoms with Crippen molar-refractivity contribution < 1.29 is 4.92 Å². The quantitative estimate of drug-likeness (QED) is 0.567. The van der Waals surface area contributed by atoms with Gasteiger partial charge in [-0.05, 0) is 12.1 Å². The van der Waals surface area contributed by atoms with Crippen LogP contribution in [0.15, 0.2) is 36.6 Å². The highest BCUT2D eigenvalue weighted by molar-refractivity contribution is 5.26. The SMILES string of the molecule is O=[N+]([O-])C1(c2ccn[nH]2)C=CC=CC1. The molecule has 0 saturated carbocycles. The maximum atomic E-state index is 11.0. The van der Waals surface area contributed by atoms with Gasteiger partial charge in [-0.3, -0.25) is 15.2 Å². The number of nitrogens with zero attached hydrogens (tertiary/aromatic N) is 2. The lowest BCUT2D eigenvalue weighted by Gasteiger charge is -2.20. The molecule has 0 radical (unpaired) electrons. The molecule has 0 amide bonds. The number of aromatic nitrogens is 2. The van der Waals surface area contributed by atoms with Crippen molar-refractivity contribution in [3.05, 3.63) is 52.4 Å². The predicted molar refractivity (Wildman–Crippen MR) is 50.2 cm³/mol. The monoisotopic (exact) mass is 191 g/mol. The van der Waals surface area contributed by atoms with Gasteiger partial charge in [-0.1, -0.05) is 18.2 Å². The number of allylic oxidation sites excluding steroid dienone is 2. The van der Waals surface area contributed by atoms with E-state index in [4.69, 9.17) is 0 Å². The summed E-state index contributed by atoms with van der Waals surface area (Å²) in [5.74, 6) is 0. The van der Waals surface area contributed by atoms with Crippen molar-refractivity contribution in [2.75, 3.05) is 0 Å². The predicted octanol–water partition coefficient (Wildman–Crippen LogP) is 1.40. The Hall–Kier alpha value is -1.91. The molecular formula is C9H9N3O2. The smallest absolute Gasteiger partial charge is 0.275 e. The average molecular weight is 191 g/mol. The Morgan fingerprint density at radius 2 is 2.43 bits per heavy atom. The van der Waals surface area contributed by atoms with Crippen molar-refractivity contribution in [3.8, 4) is 0 Å². The number of H-pyrrole nitrogens is 1. The minimum atomic E-state index is -1.16. The lowest BCUT2D eigenvalue weighted by Crippen LogP contribution is -2.34. The molecule has 1 aliphatic carbocycles. The summed E-state index contributed by atoms with van der Waals surface area (Å²) in [5.41, 5.74) is -0.645. The van der Waals surface area contributed by atoms with Gasteiger partial charge in [0, 0.05) is 17.5 Å². The highest BCUT2D eigenvalue weighted by atomic mass is 16.6. The molecule has 5 heteroatoms. The molecule has 1 unspecified atom stereocenters. The Morgan fingerprint density at radius 3 is 2.93 bits per heavy atom. The molecule has 0 aliphatic heterocycles. The molecule has 1 aromatic rings. The van der Waals surface area contributed by atoms with E-state index in [2.05, 4.69) is 10.2 Å². The highest BCUT2D eigenvalue weighted by Gasteiger charge is 2.43. The van der Waals surface area contributed by atoms with Crippen LogP contribution in [0.1, 0.15) is 12.1 Å². The van der Waals surface area contributed by atoms with Gasteiger partial charge >= 0.3 is 0 Å². The summed E-state index contributed by atoms with van der Waals surface area (Å²) in [6, 6.07) is 1.63. The fourth-order valence-electron chi connectivity index (χ4n) is 1.54. The summed E-state index contributed by atoms with van der Waals surface area (Å²) in [6.07, 6.45) is 8.74. The minimum absolute atomic E-state index is 0.291. The Kier molecular flexibility index (Phi) is 1.92. The Balaban J connectivity index is 2.47. The van der Waals surface area contributed by atoms with E-state index in [1.807, 2.05) is 0 Å². The fraction of sp³-hybridized carbons (Fsp3) is 0.222. The second kappa shape index (κ2) is 3.10. The molecule has 1 aliphatic rings. The molecule has 1 heterocycles. The van der Waals surface area contributed by atoms with E-state index in [1.54, 1.807) is 30.4 Å². The summed E-state index contributed by atoms with van der Waals surface area (Å²) >= 11 is 0. The summed E-state index contributed by atoms with van der Waals surface area (Å²) in [7, 11) is 0. The molecule has 1 aromatic heterocycles. The van der Waals surface area contributed by atoms with Crippen molar-refractivity contribution >= 4 is 0 Å². The topological polar surface area (TPSA) is 71.8 Å². The lowest BCUT2D eigenvalue weighted by atomic mass is 9.89. The fourth-order valence-corrected chi connectivity index (χ4v) is 1.54. The third-order valence-corrected chi connectivity index (χ3v) is 2.34. The summed E-state index contributed by atoms with van der Waals surface area (Å²) in [6.45, 7) is 0. The van der Waals surface area contributed by atoms with Crippen LogP contribution in [0.3, 0.4) is 0 Å². The van der Waals surface area contributed by atoms with Gasteiger partial charge in [0.2, 0.25) is 0 Å². The Bertz CT molecular complexity index is 394. The maximum absolute atomic E-state index is 11.0. The van der Waals surface area contributed by atoms with E-state index < -0.39 is 5.54 Å². The number of hydrogen-bond donors (Lipinski definition) is 1. The van der Waals surface area contributed by atoms with Gasteiger partial charge in [0.1, 0.15) is 5.69 Å². The zero-order chi connectivity index (χ0) is 10.0. The summed E-state index contributed by atoms with van der Waals surface area (Å²) < 4.78 is 0. The third-order valence-electron chi connectivity index (χ3n) is 2.34. The normalized spacial score (nSPS) is 25.1. The Labute approximate surface area is 80.3 Å². The number of rotatable bonds is 2. The molecular weight excluding hydrogens is 182 g/mol. The molecule has 2 rings (SSSR count). The molecule has 72 valence electrons. The first kappa shape index (κ1) is 8.68. The molecule has 5 nitrogen and oxygen atoms in total. The van der Waals surface area contributed by atoms with E-state index >= 15 is 0 Å². The van der Waals surface area contributed by atoms with Crippen LogP contribution in [0.4, 0.5) is 0 Å². The van der Waals surface area contributed by atoms with Gasteiger partial charge in [-0.15, -0.1) is 0 Å². The van der Waals surface area contributed by atoms with Gasteiger partial charge in [0.25, 0.3) is 5.54 Å². The van der Waals surface area contributed by atoms with E-state index in [0.717, 1.165) is 0 Å². The van der Waals surface area contributed by atoms with Crippen LogP contribution >= 0.6 is 0 Å². The summed E-state index contributed by atoms with van der Waals surface area (Å²) in [4.78, 5) is 10.8. The number of aromatic amines is 1. The molecule has 0 aromatic carbocycles. The number of nitro groups is 1. The van der Waals surface area contributed by atoms with E-state index in [9.17, 15) is 10.1 Å². The minimum Gasteiger partial charge on any atom is -0.275 e. The van der Waals surface area contributed by atoms with Crippen LogP contribution in [0.5, 0.6) is 0 Å². The second-order valence-corrected chi connectivity index (χ2v) is 3.14. The van der Waals surface area contributed by atoms with Gasteiger partial charge < -0.3 is 0 Å². The third kappa shape index (κ3) is 1.14. The molecule has 0 fully saturated rings. The van der Waals surface area contributed by atoms with Crippen molar-refractivity contribution in [3.63, 3.8) is 0 Å². The van der Waals surface area contributed by atoms with Crippen LogP contribution in [0.2, 0.25) is 0 Å². The van der Waals surface area contributed by atoms with Gasteiger partial charge in [-0.2, -0.15) is 5.10 Å². The first-order valence-corrected chi connectivity index (χ1v) is 4.24.